The van der Waals surface area contributed by atoms with Gasteiger partial charge in [0.1, 0.15) is 6.04 Å². The van der Waals surface area contributed by atoms with Gasteiger partial charge >= 0.3 is 5.97 Å². The average molecular weight is 448 g/mol. The van der Waals surface area contributed by atoms with Crippen molar-refractivity contribution in [3.63, 3.8) is 0 Å². The normalized spacial score (nSPS) is 11.5. The van der Waals surface area contributed by atoms with Gasteiger partial charge in [0.25, 0.3) is 11.8 Å². The summed E-state index contributed by atoms with van der Waals surface area (Å²) in [4.78, 5) is 49.3. The van der Waals surface area contributed by atoms with Gasteiger partial charge in [-0.25, -0.2) is 4.79 Å². The fourth-order valence-corrected chi connectivity index (χ4v) is 2.96. The van der Waals surface area contributed by atoms with Gasteiger partial charge in [-0.15, -0.1) is 0 Å². The van der Waals surface area contributed by atoms with Gasteiger partial charge in [0.15, 0.2) is 18.2 Å². The van der Waals surface area contributed by atoms with Gasteiger partial charge in [0.05, 0.1) is 6.26 Å². The first-order valence-electron chi connectivity index (χ1n) is 10.4. The Morgan fingerprint density at radius 3 is 2.15 bits per heavy atom. The Bertz CT molecular complexity index is 1110. The first-order chi connectivity index (χ1) is 15.8. The van der Waals surface area contributed by atoms with E-state index in [-0.39, 0.29) is 17.6 Å². The number of Topliss-reactive ketones (excluding diaryl/α,β-unsaturated/α-hetero) is 1. The molecule has 0 bridgehead atoms. The van der Waals surface area contributed by atoms with E-state index < -0.39 is 30.3 Å². The van der Waals surface area contributed by atoms with Gasteiger partial charge in [-0.2, -0.15) is 0 Å². The number of ketones is 1. The lowest BCUT2D eigenvalue weighted by atomic mass is 10.0. The Kier molecular flexibility index (Phi) is 7.75. The van der Waals surface area contributed by atoms with Gasteiger partial charge < -0.3 is 19.8 Å². The molecule has 8 heteroatoms. The molecule has 1 atom stereocenters. The third-order valence-electron chi connectivity index (χ3n) is 4.80. The third-order valence-corrected chi connectivity index (χ3v) is 4.80. The maximum atomic E-state index is 12.5. The van der Waals surface area contributed by atoms with Crippen molar-refractivity contribution in [1.82, 2.24) is 5.32 Å². The zero-order chi connectivity index (χ0) is 23.8. The molecule has 0 aliphatic heterocycles. The third kappa shape index (κ3) is 6.39. The minimum Gasteiger partial charge on any atom is -0.459 e. The molecule has 170 valence electrons. The van der Waals surface area contributed by atoms with E-state index in [4.69, 9.17) is 9.15 Å². The summed E-state index contributed by atoms with van der Waals surface area (Å²) < 4.78 is 10.2. The monoisotopic (exact) mass is 448 g/mol. The number of nitrogens with one attached hydrogen (secondary N) is 2. The minimum absolute atomic E-state index is 0.0731. The van der Waals surface area contributed by atoms with Crippen LogP contribution in [0.2, 0.25) is 0 Å². The molecule has 1 heterocycles. The van der Waals surface area contributed by atoms with E-state index in [0.717, 1.165) is 0 Å². The SMILES string of the molecule is CC(C)[C@H](NC(=O)c1ccco1)C(=O)OCC(=O)c1ccc(NC(=O)c2ccccc2)cc1. The molecule has 2 N–H and O–H groups in total. The molecular weight excluding hydrogens is 424 g/mol. The molecule has 0 spiro atoms. The highest BCUT2D eigenvalue weighted by atomic mass is 16.5. The molecular formula is C25H24N2O6. The fourth-order valence-electron chi connectivity index (χ4n) is 2.96. The standard InChI is InChI=1S/C25H24N2O6/c1-16(2)22(27-24(30)21-9-6-14-32-21)25(31)33-15-20(28)17-10-12-19(13-11-17)26-23(29)18-7-4-3-5-8-18/h3-14,16,22H,15H2,1-2H3,(H,26,29)(H,27,30)/t22-/m0/s1. The van der Waals surface area contributed by atoms with Crippen molar-refractivity contribution in [2.24, 2.45) is 5.92 Å². The molecule has 0 fully saturated rings. The second-order valence-electron chi connectivity index (χ2n) is 7.60. The molecule has 3 rings (SSSR count). The Morgan fingerprint density at radius 2 is 1.55 bits per heavy atom. The quantitative estimate of drug-likeness (QED) is 0.381. The summed E-state index contributed by atoms with van der Waals surface area (Å²) in [5.74, 6) is -2.13. The second kappa shape index (κ2) is 10.9. The number of ether oxygens (including phenoxy) is 1. The zero-order valence-electron chi connectivity index (χ0n) is 18.2. The number of anilines is 1. The first kappa shape index (κ1) is 23.5. The van der Waals surface area contributed by atoms with Crippen molar-refractivity contribution >= 4 is 29.3 Å². The van der Waals surface area contributed by atoms with Crippen LogP contribution in [0.3, 0.4) is 0 Å². The van der Waals surface area contributed by atoms with Crippen LogP contribution in [-0.4, -0.2) is 36.2 Å². The van der Waals surface area contributed by atoms with Crippen LogP contribution in [0.1, 0.15) is 45.1 Å². The predicted octanol–water partition coefficient (Wildman–Crippen LogP) is 3.71. The van der Waals surface area contributed by atoms with Crippen LogP contribution < -0.4 is 10.6 Å². The summed E-state index contributed by atoms with van der Waals surface area (Å²) in [7, 11) is 0. The largest absolute Gasteiger partial charge is 0.459 e. The first-order valence-corrected chi connectivity index (χ1v) is 10.4. The fraction of sp³-hybridized carbons (Fsp3) is 0.200. The molecule has 2 aromatic carbocycles. The van der Waals surface area contributed by atoms with Gasteiger partial charge in [0, 0.05) is 16.8 Å². The van der Waals surface area contributed by atoms with E-state index >= 15 is 0 Å². The van der Waals surface area contributed by atoms with Gasteiger partial charge in [0.2, 0.25) is 0 Å². The van der Waals surface area contributed by atoms with E-state index in [2.05, 4.69) is 10.6 Å². The molecule has 0 unspecified atom stereocenters. The molecule has 1 aromatic heterocycles. The van der Waals surface area contributed by atoms with Crippen LogP contribution in [0.5, 0.6) is 0 Å². The van der Waals surface area contributed by atoms with Crippen molar-refractivity contribution in [3.05, 3.63) is 89.9 Å². The summed E-state index contributed by atoms with van der Waals surface area (Å²) in [6.07, 6.45) is 1.36. The molecule has 2 amide bonds. The summed E-state index contributed by atoms with van der Waals surface area (Å²) in [6.45, 7) is 3.02. The van der Waals surface area contributed by atoms with Crippen molar-refractivity contribution in [2.45, 2.75) is 19.9 Å². The maximum Gasteiger partial charge on any atom is 0.329 e. The van der Waals surface area contributed by atoms with E-state index in [9.17, 15) is 19.2 Å². The number of hydrogen-bond acceptors (Lipinski definition) is 6. The van der Waals surface area contributed by atoms with Crippen molar-refractivity contribution in [3.8, 4) is 0 Å². The summed E-state index contributed by atoms with van der Waals surface area (Å²) in [5.41, 5.74) is 1.36. The van der Waals surface area contributed by atoms with Gasteiger partial charge in [-0.05, 0) is 54.4 Å². The Morgan fingerprint density at radius 1 is 0.848 bits per heavy atom. The molecule has 33 heavy (non-hydrogen) atoms. The number of amides is 2. The summed E-state index contributed by atoms with van der Waals surface area (Å²) in [5, 5.41) is 5.31. The van der Waals surface area contributed by atoms with Crippen LogP contribution in [0.4, 0.5) is 5.69 Å². The molecule has 0 saturated carbocycles. The van der Waals surface area contributed by atoms with Crippen LogP contribution in [0, 0.1) is 5.92 Å². The van der Waals surface area contributed by atoms with Crippen LogP contribution in [-0.2, 0) is 9.53 Å². The Hall–Kier alpha value is -4.20. The van der Waals surface area contributed by atoms with E-state index in [0.29, 0.717) is 16.8 Å². The maximum absolute atomic E-state index is 12.5. The van der Waals surface area contributed by atoms with Gasteiger partial charge in [-0.3, -0.25) is 14.4 Å². The lowest BCUT2D eigenvalue weighted by Crippen LogP contribution is -2.45. The number of rotatable bonds is 9. The number of carbonyl (C=O) groups excluding carboxylic acids is 4. The van der Waals surface area contributed by atoms with Crippen molar-refractivity contribution in [2.75, 3.05) is 11.9 Å². The van der Waals surface area contributed by atoms with Crippen molar-refractivity contribution in [1.29, 1.82) is 0 Å². The molecule has 0 aliphatic carbocycles. The molecule has 0 radical (unpaired) electrons. The number of esters is 1. The molecule has 8 nitrogen and oxygen atoms in total. The Labute approximate surface area is 190 Å². The van der Waals surface area contributed by atoms with E-state index in [1.54, 1.807) is 56.3 Å². The highest BCUT2D eigenvalue weighted by molar-refractivity contribution is 6.04. The van der Waals surface area contributed by atoms with Crippen LogP contribution in [0.15, 0.2) is 77.4 Å². The second-order valence-corrected chi connectivity index (χ2v) is 7.60. The van der Waals surface area contributed by atoms with E-state index in [1.807, 2.05) is 6.07 Å². The zero-order valence-corrected chi connectivity index (χ0v) is 18.2. The van der Waals surface area contributed by atoms with E-state index in [1.165, 1.54) is 24.5 Å². The lowest BCUT2D eigenvalue weighted by molar-refractivity contribution is -0.145. The highest BCUT2D eigenvalue weighted by Crippen LogP contribution is 2.13. The number of benzene rings is 2. The number of carbonyl (C=O) groups is 4. The van der Waals surface area contributed by atoms with Gasteiger partial charge in [-0.1, -0.05) is 32.0 Å². The number of furan rings is 1. The van der Waals surface area contributed by atoms with Crippen LogP contribution in [0.25, 0.3) is 0 Å². The Balaban J connectivity index is 1.54. The average Bonchev–Trinajstić information content (AvgIpc) is 3.36. The smallest absolute Gasteiger partial charge is 0.329 e. The van der Waals surface area contributed by atoms with Crippen LogP contribution >= 0.6 is 0 Å². The molecule has 0 aliphatic rings. The minimum atomic E-state index is -0.939. The molecule has 0 saturated heterocycles. The molecule has 3 aromatic rings. The van der Waals surface area contributed by atoms with Crippen molar-refractivity contribution < 1.29 is 28.3 Å². The topological polar surface area (TPSA) is 115 Å². The summed E-state index contributed by atoms with van der Waals surface area (Å²) >= 11 is 0. The lowest BCUT2D eigenvalue weighted by Gasteiger charge is -2.20. The summed E-state index contributed by atoms with van der Waals surface area (Å²) in [6, 6.07) is 17.1. The number of hydrogen-bond donors (Lipinski definition) is 2. The highest BCUT2D eigenvalue weighted by Gasteiger charge is 2.27. The predicted molar refractivity (Wildman–Crippen MR) is 121 cm³/mol.